The molecule has 3 heterocycles. The lowest BCUT2D eigenvalue weighted by molar-refractivity contribution is -0.131. The predicted molar refractivity (Wildman–Crippen MR) is 128 cm³/mol. The molecule has 2 aromatic rings. The Bertz CT molecular complexity index is 980. The molecule has 2 fully saturated rings. The molecule has 0 spiro atoms. The Kier molecular flexibility index (Phi) is 7.32. The summed E-state index contributed by atoms with van der Waals surface area (Å²) in [4.78, 5) is 40.7. The summed E-state index contributed by atoms with van der Waals surface area (Å²) < 4.78 is 0. The number of anilines is 2. The second-order valence-corrected chi connectivity index (χ2v) is 8.86. The van der Waals surface area contributed by atoms with E-state index in [0.717, 1.165) is 49.0 Å². The average Bonchev–Trinajstić information content (AvgIpc) is 2.79. The first kappa shape index (κ1) is 22.6. The molecule has 1 N–H and O–H groups in total. The lowest BCUT2D eigenvalue weighted by atomic mass is 10.2. The van der Waals surface area contributed by atoms with E-state index in [1.807, 2.05) is 30.0 Å². The van der Waals surface area contributed by atoms with Gasteiger partial charge < -0.3 is 14.7 Å². The monoisotopic (exact) mass is 458 g/mol. The number of piperazine rings is 2. The van der Waals surface area contributed by atoms with E-state index in [1.165, 1.54) is 0 Å². The molecule has 9 heteroatoms. The average molecular weight is 459 g/mol. The van der Waals surface area contributed by atoms with Crippen LogP contribution in [0.5, 0.6) is 0 Å². The molecule has 2 saturated heterocycles. The number of amides is 1. The molecule has 0 saturated carbocycles. The highest BCUT2D eigenvalue weighted by Crippen LogP contribution is 2.21. The van der Waals surface area contributed by atoms with Crippen molar-refractivity contribution < 1.29 is 4.79 Å². The summed E-state index contributed by atoms with van der Waals surface area (Å²) in [6.45, 7) is 8.97. The standard InChI is InChI=1S/C23H31ClN6O2/c1-2-4-22(32)29-11-13-30(14-12-29)23-25-19(16-21(31)26-23)17-27-7-9-28(10-8-27)20-6-3-5-18(24)15-20/h3,5-6,15-16H,2,4,7-14,17H2,1H3,(H,25,26,31). The number of nitrogens with one attached hydrogen (secondary N) is 1. The topological polar surface area (TPSA) is 75.8 Å². The molecular weight excluding hydrogens is 428 g/mol. The zero-order valence-corrected chi connectivity index (χ0v) is 19.4. The van der Waals surface area contributed by atoms with Crippen molar-refractivity contribution in [3.8, 4) is 0 Å². The highest BCUT2D eigenvalue weighted by Gasteiger charge is 2.23. The summed E-state index contributed by atoms with van der Waals surface area (Å²) in [5.41, 5.74) is 1.79. The van der Waals surface area contributed by atoms with Crippen molar-refractivity contribution in [1.82, 2.24) is 19.8 Å². The van der Waals surface area contributed by atoms with Crippen molar-refractivity contribution in [2.45, 2.75) is 26.3 Å². The van der Waals surface area contributed by atoms with Crippen molar-refractivity contribution in [2.75, 3.05) is 62.2 Å². The second-order valence-electron chi connectivity index (χ2n) is 8.42. The number of nitrogens with zero attached hydrogens (tertiary/aromatic N) is 5. The third-order valence-electron chi connectivity index (χ3n) is 6.11. The van der Waals surface area contributed by atoms with Gasteiger partial charge in [0, 0.05) is 82.1 Å². The van der Waals surface area contributed by atoms with Gasteiger partial charge in [0.2, 0.25) is 11.9 Å². The van der Waals surface area contributed by atoms with Crippen LogP contribution in [-0.4, -0.2) is 78.0 Å². The fraction of sp³-hybridized carbons (Fsp3) is 0.522. The van der Waals surface area contributed by atoms with Crippen LogP contribution in [0.1, 0.15) is 25.5 Å². The summed E-state index contributed by atoms with van der Waals surface area (Å²) in [7, 11) is 0. The van der Waals surface area contributed by atoms with Gasteiger partial charge in [-0.05, 0) is 24.6 Å². The molecule has 0 radical (unpaired) electrons. The molecule has 32 heavy (non-hydrogen) atoms. The molecule has 0 atom stereocenters. The minimum absolute atomic E-state index is 0.132. The SMILES string of the molecule is CCCC(=O)N1CCN(c2nc(CN3CCN(c4cccc(Cl)c4)CC3)cc(=O)[nH]2)CC1. The molecule has 0 aliphatic carbocycles. The number of benzene rings is 1. The van der Waals surface area contributed by atoms with Gasteiger partial charge in [-0.1, -0.05) is 24.6 Å². The van der Waals surface area contributed by atoms with E-state index in [0.29, 0.717) is 45.1 Å². The Morgan fingerprint density at radius 1 is 1.03 bits per heavy atom. The number of aromatic amines is 1. The van der Waals surface area contributed by atoms with Crippen molar-refractivity contribution in [1.29, 1.82) is 0 Å². The summed E-state index contributed by atoms with van der Waals surface area (Å²) in [6, 6.07) is 9.54. The fourth-order valence-electron chi connectivity index (χ4n) is 4.33. The maximum atomic E-state index is 12.3. The predicted octanol–water partition coefficient (Wildman–Crippen LogP) is 2.19. The van der Waals surface area contributed by atoms with Crippen molar-refractivity contribution in [3.63, 3.8) is 0 Å². The minimum Gasteiger partial charge on any atom is -0.369 e. The van der Waals surface area contributed by atoms with Crippen molar-refractivity contribution >= 4 is 29.1 Å². The molecule has 4 rings (SSSR count). The Labute approximate surface area is 193 Å². The van der Waals surface area contributed by atoms with Crippen LogP contribution in [0.4, 0.5) is 11.6 Å². The molecule has 172 valence electrons. The second kappa shape index (κ2) is 10.4. The quantitative estimate of drug-likeness (QED) is 0.715. The molecule has 0 bridgehead atoms. The van der Waals surface area contributed by atoms with Crippen LogP contribution in [0.25, 0.3) is 0 Å². The zero-order valence-electron chi connectivity index (χ0n) is 18.6. The van der Waals surface area contributed by atoms with Gasteiger partial charge in [0.15, 0.2) is 0 Å². The van der Waals surface area contributed by atoms with E-state index in [-0.39, 0.29) is 11.5 Å². The van der Waals surface area contributed by atoms with E-state index in [2.05, 4.69) is 25.8 Å². The Hall–Kier alpha value is -2.58. The first-order valence-electron chi connectivity index (χ1n) is 11.4. The molecule has 8 nitrogen and oxygen atoms in total. The van der Waals surface area contributed by atoms with E-state index in [1.54, 1.807) is 6.07 Å². The highest BCUT2D eigenvalue weighted by molar-refractivity contribution is 6.30. The molecule has 2 aliphatic rings. The summed E-state index contributed by atoms with van der Waals surface area (Å²) in [5.74, 6) is 0.812. The smallest absolute Gasteiger partial charge is 0.252 e. The van der Waals surface area contributed by atoms with E-state index < -0.39 is 0 Å². The zero-order chi connectivity index (χ0) is 22.5. The number of H-pyrrole nitrogens is 1. The number of aromatic nitrogens is 2. The molecule has 0 unspecified atom stereocenters. The molecule has 1 amide bonds. The first-order chi connectivity index (χ1) is 15.5. The van der Waals surface area contributed by atoms with Crippen LogP contribution < -0.4 is 15.4 Å². The Morgan fingerprint density at radius 2 is 1.75 bits per heavy atom. The van der Waals surface area contributed by atoms with Crippen LogP contribution in [0.15, 0.2) is 35.1 Å². The maximum Gasteiger partial charge on any atom is 0.252 e. The van der Waals surface area contributed by atoms with Crippen molar-refractivity contribution in [2.24, 2.45) is 0 Å². The van der Waals surface area contributed by atoms with E-state index in [4.69, 9.17) is 16.6 Å². The highest BCUT2D eigenvalue weighted by atomic mass is 35.5. The summed E-state index contributed by atoms with van der Waals surface area (Å²) in [6.07, 6.45) is 1.46. The third kappa shape index (κ3) is 5.61. The van der Waals surface area contributed by atoms with E-state index in [9.17, 15) is 9.59 Å². The maximum absolute atomic E-state index is 12.3. The number of carbonyl (C=O) groups is 1. The van der Waals surface area contributed by atoms with Gasteiger partial charge in [-0.3, -0.25) is 19.5 Å². The van der Waals surface area contributed by atoms with E-state index >= 15 is 0 Å². The summed E-state index contributed by atoms with van der Waals surface area (Å²) in [5, 5.41) is 0.751. The van der Waals surface area contributed by atoms with Gasteiger partial charge in [0.05, 0.1) is 5.69 Å². The molecule has 1 aromatic heterocycles. The van der Waals surface area contributed by atoms with Crippen LogP contribution in [0.3, 0.4) is 0 Å². The molecule has 2 aliphatic heterocycles. The minimum atomic E-state index is -0.132. The number of hydrogen-bond acceptors (Lipinski definition) is 6. The summed E-state index contributed by atoms with van der Waals surface area (Å²) >= 11 is 6.13. The van der Waals surface area contributed by atoms with Crippen molar-refractivity contribution in [3.05, 3.63) is 51.4 Å². The molecular formula is C23H31ClN6O2. The largest absolute Gasteiger partial charge is 0.369 e. The Balaban J connectivity index is 1.34. The lowest BCUT2D eigenvalue weighted by Gasteiger charge is -2.36. The van der Waals surface area contributed by atoms with Gasteiger partial charge in [-0.2, -0.15) is 0 Å². The van der Waals surface area contributed by atoms with Crippen LogP contribution in [0, 0.1) is 0 Å². The number of carbonyl (C=O) groups excluding carboxylic acids is 1. The van der Waals surface area contributed by atoms with Gasteiger partial charge in [-0.25, -0.2) is 4.98 Å². The number of hydrogen-bond donors (Lipinski definition) is 1. The molecule has 1 aromatic carbocycles. The lowest BCUT2D eigenvalue weighted by Crippen LogP contribution is -2.49. The van der Waals surface area contributed by atoms with Crippen LogP contribution in [-0.2, 0) is 11.3 Å². The fourth-order valence-corrected chi connectivity index (χ4v) is 4.51. The van der Waals surface area contributed by atoms with Gasteiger partial charge >= 0.3 is 0 Å². The van der Waals surface area contributed by atoms with Crippen LogP contribution in [0.2, 0.25) is 5.02 Å². The third-order valence-corrected chi connectivity index (χ3v) is 6.34. The van der Waals surface area contributed by atoms with Gasteiger partial charge in [-0.15, -0.1) is 0 Å². The van der Waals surface area contributed by atoms with Gasteiger partial charge in [0.25, 0.3) is 5.56 Å². The number of rotatable bonds is 6. The first-order valence-corrected chi connectivity index (χ1v) is 11.8. The Morgan fingerprint density at radius 3 is 2.44 bits per heavy atom. The number of halogens is 1. The van der Waals surface area contributed by atoms with Gasteiger partial charge in [0.1, 0.15) is 0 Å². The normalized spacial score (nSPS) is 17.6. The van der Waals surface area contributed by atoms with Crippen LogP contribution >= 0.6 is 11.6 Å².